The second kappa shape index (κ2) is 9.00. The fourth-order valence-corrected chi connectivity index (χ4v) is 2.62. The van der Waals surface area contributed by atoms with Gasteiger partial charge in [-0.05, 0) is 25.3 Å². The standard InChI is InChI=1S/C17H24N4O3/c1-3-14(17(23)20-12-6-4-5-7-12)21-15-11-18-13(10-19-15)8-9-16(22)24-2/h8-12,14H,3-7H2,1-2H3,(H,19,21)(H,20,23)/t14-/m1/s1. The smallest absolute Gasteiger partial charge is 0.330 e. The van der Waals surface area contributed by atoms with E-state index < -0.39 is 5.97 Å². The molecule has 7 heteroatoms. The molecule has 0 aromatic carbocycles. The summed E-state index contributed by atoms with van der Waals surface area (Å²) in [6.07, 6.45) is 11.0. The lowest BCUT2D eigenvalue weighted by Crippen LogP contribution is -2.43. The van der Waals surface area contributed by atoms with Gasteiger partial charge < -0.3 is 15.4 Å². The van der Waals surface area contributed by atoms with Crippen molar-refractivity contribution in [1.82, 2.24) is 15.3 Å². The molecule has 1 aliphatic rings. The molecule has 1 fully saturated rings. The van der Waals surface area contributed by atoms with Crippen molar-refractivity contribution in [3.8, 4) is 0 Å². The number of rotatable bonds is 7. The molecule has 130 valence electrons. The average molecular weight is 332 g/mol. The Morgan fingerprint density at radius 3 is 2.67 bits per heavy atom. The monoisotopic (exact) mass is 332 g/mol. The predicted molar refractivity (Wildman–Crippen MR) is 91.2 cm³/mol. The van der Waals surface area contributed by atoms with Gasteiger partial charge in [-0.3, -0.25) is 9.78 Å². The molecular weight excluding hydrogens is 308 g/mol. The second-order valence-electron chi connectivity index (χ2n) is 5.78. The third-order valence-electron chi connectivity index (χ3n) is 4.01. The molecule has 1 aromatic rings. The molecule has 7 nitrogen and oxygen atoms in total. The van der Waals surface area contributed by atoms with Crippen LogP contribution in [0.1, 0.15) is 44.7 Å². The first-order chi connectivity index (χ1) is 11.6. The Bertz CT molecular complexity index is 580. The minimum absolute atomic E-state index is 0.000800. The maximum atomic E-state index is 12.3. The first-order valence-corrected chi connectivity index (χ1v) is 8.27. The summed E-state index contributed by atoms with van der Waals surface area (Å²) in [6, 6.07) is -0.0402. The number of ether oxygens (including phenoxy) is 1. The maximum Gasteiger partial charge on any atom is 0.330 e. The van der Waals surface area contributed by atoms with E-state index in [2.05, 4.69) is 25.3 Å². The highest BCUT2D eigenvalue weighted by atomic mass is 16.5. The molecule has 2 N–H and O–H groups in total. The van der Waals surface area contributed by atoms with Crippen LogP contribution in [0, 0.1) is 0 Å². The van der Waals surface area contributed by atoms with Crippen molar-refractivity contribution in [2.45, 2.75) is 51.1 Å². The van der Waals surface area contributed by atoms with Crippen LogP contribution in [-0.2, 0) is 14.3 Å². The lowest BCUT2D eigenvalue weighted by molar-refractivity contribution is -0.134. The van der Waals surface area contributed by atoms with Crippen LogP contribution in [0.3, 0.4) is 0 Å². The molecule has 0 spiro atoms. The van der Waals surface area contributed by atoms with E-state index in [0.717, 1.165) is 12.8 Å². The molecule has 0 aliphatic heterocycles. The number of hydrogen-bond acceptors (Lipinski definition) is 6. The van der Waals surface area contributed by atoms with Crippen LogP contribution >= 0.6 is 0 Å². The zero-order valence-corrected chi connectivity index (χ0v) is 14.1. The van der Waals surface area contributed by atoms with E-state index in [1.54, 1.807) is 6.20 Å². The minimum Gasteiger partial charge on any atom is -0.466 e. The van der Waals surface area contributed by atoms with Crippen LogP contribution in [0.5, 0.6) is 0 Å². The van der Waals surface area contributed by atoms with E-state index in [1.165, 1.54) is 38.3 Å². The Morgan fingerprint density at radius 2 is 2.08 bits per heavy atom. The number of methoxy groups -OCH3 is 1. The molecule has 24 heavy (non-hydrogen) atoms. The molecule has 1 aliphatic carbocycles. The van der Waals surface area contributed by atoms with Gasteiger partial charge in [0.05, 0.1) is 25.2 Å². The molecule has 1 saturated carbocycles. The van der Waals surface area contributed by atoms with Gasteiger partial charge in [-0.1, -0.05) is 19.8 Å². The minimum atomic E-state index is -0.450. The van der Waals surface area contributed by atoms with E-state index >= 15 is 0 Å². The number of anilines is 1. The quantitative estimate of drug-likeness (QED) is 0.585. The first kappa shape index (κ1) is 17.9. The number of nitrogens with zero attached hydrogens (tertiary/aromatic N) is 2. The SMILES string of the molecule is CC[C@@H](Nc1cnc(C=CC(=O)OC)cn1)C(=O)NC1CCCC1. The molecule has 1 atom stereocenters. The van der Waals surface area contributed by atoms with Crippen LogP contribution in [0.4, 0.5) is 5.82 Å². The zero-order chi connectivity index (χ0) is 17.4. The van der Waals surface area contributed by atoms with E-state index in [0.29, 0.717) is 24.0 Å². The maximum absolute atomic E-state index is 12.3. The Labute approximate surface area is 141 Å². The molecule has 0 bridgehead atoms. The normalized spacial score (nSPS) is 16.1. The summed E-state index contributed by atoms with van der Waals surface area (Å²) in [5.74, 6) is 0.0770. The van der Waals surface area contributed by atoms with Crippen LogP contribution in [0.25, 0.3) is 6.08 Å². The summed E-state index contributed by atoms with van der Waals surface area (Å²) in [6.45, 7) is 1.95. The van der Waals surface area contributed by atoms with Crippen molar-refractivity contribution >= 4 is 23.8 Å². The number of nitrogens with one attached hydrogen (secondary N) is 2. The number of carbonyl (C=O) groups is 2. The van der Waals surface area contributed by atoms with Crippen molar-refractivity contribution in [2.24, 2.45) is 0 Å². The van der Waals surface area contributed by atoms with Crippen molar-refractivity contribution in [1.29, 1.82) is 0 Å². The van der Waals surface area contributed by atoms with E-state index in [4.69, 9.17) is 0 Å². The second-order valence-corrected chi connectivity index (χ2v) is 5.78. The molecule has 1 heterocycles. The zero-order valence-electron chi connectivity index (χ0n) is 14.1. The molecule has 1 amide bonds. The topological polar surface area (TPSA) is 93.2 Å². The Balaban J connectivity index is 1.91. The lowest BCUT2D eigenvalue weighted by atomic mass is 10.1. The van der Waals surface area contributed by atoms with Crippen LogP contribution in [-0.4, -0.2) is 41.0 Å². The van der Waals surface area contributed by atoms with Gasteiger partial charge in [0.15, 0.2) is 0 Å². The summed E-state index contributed by atoms with van der Waals surface area (Å²) in [4.78, 5) is 31.8. The predicted octanol–water partition coefficient (Wildman–Crippen LogP) is 1.91. The van der Waals surface area contributed by atoms with Crippen molar-refractivity contribution in [2.75, 3.05) is 12.4 Å². The Morgan fingerprint density at radius 1 is 1.33 bits per heavy atom. The van der Waals surface area contributed by atoms with Gasteiger partial charge in [-0.15, -0.1) is 0 Å². The number of esters is 1. The fourth-order valence-electron chi connectivity index (χ4n) is 2.62. The summed E-state index contributed by atoms with van der Waals surface area (Å²) < 4.78 is 4.51. The molecule has 0 saturated heterocycles. The third kappa shape index (κ3) is 5.33. The summed E-state index contributed by atoms with van der Waals surface area (Å²) in [5, 5.41) is 6.19. The summed E-state index contributed by atoms with van der Waals surface area (Å²) >= 11 is 0. The van der Waals surface area contributed by atoms with Gasteiger partial charge in [0, 0.05) is 12.1 Å². The van der Waals surface area contributed by atoms with Gasteiger partial charge in [0.2, 0.25) is 5.91 Å². The molecule has 2 rings (SSSR count). The Kier molecular flexibility index (Phi) is 6.72. The van der Waals surface area contributed by atoms with Crippen molar-refractivity contribution in [3.63, 3.8) is 0 Å². The van der Waals surface area contributed by atoms with E-state index in [1.807, 2.05) is 6.92 Å². The molecule has 0 radical (unpaired) electrons. The average Bonchev–Trinajstić information content (AvgIpc) is 3.11. The van der Waals surface area contributed by atoms with Crippen LogP contribution in [0.15, 0.2) is 18.5 Å². The third-order valence-corrected chi connectivity index (χ3v) is 4.01. The van der Waals surface area contributed by atoms with E-state index in [9.17, 15) is 9.59 Å². The van der Waals surface area contributed by atoms with Crippen molar-refractivity contribution in [3.05, 3.63) is 24.2 Å². The Hall–Kier alpha value is -2.44. The lowest BCUT2D eigenvalue weighted by Gasteiger charge is -2.20. The number of aromatic nitrogens is 2. The number of hydrogen-bond donors (Lipinski definition) is 2. The molecular formula is C17H24N4O3. The molecule has 1 aromatic heterocycles. The van der Waals surface area contributed by atoms with Gasteiger partial charge >= 0.3 is 5.97 Å². The fraction of sp³-hybridized carbons (Fsp3) is 0.529. The first-order valence-electron chi connectivity index (χ1n) is 8.27. The highest BCUT2D eigenvalue weighted by Gasteiger charge is 2.22. The van der Waals surface area contributed by atoms with Gasteiger partial charge in [0.25, 0.3) is 0 Å². The number of carbonyl (C=O) groups excluding carboxylic acids is 2. The summed E-state index contributed by atoms with van der Waals surface area (Å²) in [7, 11) is 1.31. The number of amides is 1. The van der Waals surface area contributed by atoms with Crippen LogP contribution < -0.4 is 10.6 Å². The van der Waals surface area contributed by atoms with Crippen LogP contribution in [0.2, 0.25) is 0 Å². The van der Waals surface area contributed by atoms with Gasteiger partial charge in [-0.2, -0.15) is 0 Å². The van der Waals surface area contributed by atoms with Gasteiger partial charge in [-0.25, -0.2) is 9.78 Å². The van der Waals surface area contributed by atoms with Gasteiger partial charge in [0.1, 0.15) is 11.9 Å². The highest BCUT2D eigenvalue weighted by Crippen LogP contribution is 2.18. The highest BCUT2D eigenvalue weighted by molar-refractivity contribution is 5.86. The van der Waals surface area contributed by atoms with Crippen molar-refractivity contribution < 1.29 is 14.3 Å². The summed E-state index contributed by atoms with van der Waals surface area (Å²) in [5.41, 5.74) is 0.536. The van der Waals surface area contributed by atoms with E-state index in [-0.39, 0.29) is 11.9 Å². The molecule has 0 unspecified atom stereocenters. The largest absolute Gasteiger partial charge is 0.466 e.